The normalized spacial score (nSPS) is 11.4. The number of rotatable bonds is 6. The largest absolute Gasteiger partial charge is 0.304 e. The summed E-state index contributed by atoms with van der Waals surface area (Å²) in [6.45, 7) is 5.11. The van der Waals surface area contributed by atoms with Gasteiger partial charge < -0.3 is 5.32 Å². The van der Waals surface area contributed by atoms with Gasteiger partial charge in [0, 0.05) is 6.04 Å². The standard InChI is InChI=1S/C10H19N.ClH/c1-4-6-7-8-10(3)11-9-5-2;/h2,10-11H,4,6-9H2,1,3H3;1H/t10-;/m1./s1. The van der Waals surface area contributed by atoms with E-state index in [-0.39, 0.29) is 12.4 Å². The van der Waals surface area contributed by atoms with Crippen molar-refractivity contribution in [2.45, 2.75) is 45.6 Å². The Bertz CT molecular complexity index is 117. The molecule has 0 aliphatic heterocycles. The zero-order chi connectivity index (χ0) is 8.53. The fourth-order valence-electron chi connectivity index (χ4n) is 1.04. The summed E-state index contributed by atoms with van der Waals surface area (Å²) in [5.74, 6) is 2.58. The smallest absolute Gasteiger partial charge is 0.0575 e. The molecule has 0 rings (SSSR count). The summed E-state index contributed by atoms with van der Waals surface area (Å²) in [5, 5.41) is 3.26. The molecule has 0 heterocycles. The van der Waals surface area contributed by atoms with E-state index in [0.29, 0.717) is 12.6 Å². The Balaban J connectivity index is 0. The van der Waals surface area contributed by atoms with Gasteiger partial charge in [-0.2, -0.15) is 0 Å². The molecule has 0 spiro atoms. The first-order valence-electron chi connectivity index (χ1n) is 4.48. The molecule has 0 amide bonds. The van der Waals surface area contributed by atoms with Gasteiger partial charge in [-0.25, -0.2) is 0 Å². The number of halogens is 1. The second kappa shape index (κ2) is 10.8. The first-order valence-corrected chi connectivity index (χ1v) is 4.48. The number of hydrogen-bond acceptors (Lipinski definition) is 1. The molecule has 2 heteroatoms. The molecule has 1 N–H and O–H groups in total. The molecule has 0 aromatic heterocycles. The number of terminal acetylenes is 1. The van der Waals surface area contributed by atoms with Gasteiger partial charge in [-0.05, 0) is 13.3 Å². The fraction of sp³-hybridized carbons (Fsp3) is 0.800. The van der Waals surface area contributed by atoms with Crippen LogP contribution in [0.2, 0.25) is 0 Å². The molecule has 0 aromatic carbocycles. The van der Waals surface area contributed by atoms with Crippen LogP contribution in [0.15, 0.2) is 0 Å². The summed E-state index contributed by atoms with van der Waals surface area (Å²) in [5.41, 5.74) is 0. The quantitative estimate of drug-likeness (QED) is 0.501. The molecule has 0 fully saturated rings. The minimum absolute atomic E-state index is 0. The second-order valence-electron chi connectivity index (χ2n) is 2.98. The van der Waals surface area contributed by atoms with Gasteiger partial charge in [-0.3, -0.25) is 0 Å². The number of nitrogens with one attached hydrogen (secondary N) is 1. The molecule has 0 aliphatic carbocycles. The van der Waals surface area contributed by atoms with Crippen molar-refractivity contribution in [3.8, 4) is 12.3 Å². The van der Waals surface area contributed by atoms with E-state index in [9.17, 15) is 0 Å². The molecule has 72 valence electrons. The summed E-state index contributed by atoms with van der Waals surface area (Å²) in [4.78, 5) is 0. The van der Waals surface area contributed by atoms with Crippen molar-refractivity contribution in [2.75, 3.05) is 6.54 Å². The summed E-state index contributed by atoms with van der Waals surface area (Å²) in [6, 6.07) is 0.581. The number of unbranched alkanes of at least 4 members (excludes halogenated alkanes) is 2. The first-order chi connectivity index (χ1) is 5.31. The minimum atomic E-state index is 0. The van der Waals surface area contributed by atoms with Crippen LogP contribution in [0.1, 0.15) is 39.5 Å². The number of hydrogen-bond donors (Lipinski definition) is 1. The third kappa shape index (κ3) is 9.81. The van der Waals surface area contributed by atoms with Crippen LogP contribution in [0.3, 0.4) is 0 Å². The lowest BCUT2D eigenvalue weighted by atomic mass is 10.1. The molecule has 0 aliphatic rings. The molecule has 0 aromatic rings. The van der Waals surface area contributed by atoms with Gasteiger partial charge in [0.15, 0.2) is 0 Å². The van der Waals surface area contributed by atoms with Crippen LogP contribution in [-0.4, -0.2) is 12.6 Å². The maximum Gasteiger partial charge on any atom is 0.0575 e. The average Bonchev–Trinajstić information content (AvgIpc) is 2.01. The minimum Gasteiger partial charge on any atom is -0.304 e. The Kier molecular flexibility index (Phi) is 12.9. The van der Waals surface area contributed by atoms with E-state index in [4.69, 9.17) is 6.42 Å². The topological polar surface area (TPSA) is 12.0 Å². The average molecular weight is 190 g/mol. The summed E-state index contributed by atoms with van der Waals surface area (Å²) in [7, 11) is 0. The highest BCUT2D eigenvalue weighted by atomic mass is 35.5. The molecular weight excluding hydrogens is 170 g/mol. The lowest BCUT2D eigenvalue weighted by Gasteiger charge is -2.10. The van der Waals surface area contributed by atoms with Crippen molar-refractivity contribution in [3.63, 3.8) is 0 Å². The lowest BCUT2D eigenvalue weighted by Crippen LogP contribution is -2.25. The van der Waals surface area contributed by atoms with Gasteiger partial charge in [0.1, 0.15) is 0 Å². The highest BCUT2D eigenvalue weighted by Crippen LogP contribution is 2.01. The van der Waals surface area contributed by atoms with Gasteiger partial charge in [0.2, 0.25) is 0 Å². The third-order valence-corrected chi connectivity index (χ3v) is 1.79. The van der Waals surface area contributed by atoms with Gasteiger partial charge >= 0.3 is 0 Å². The van der Waals surface area contributed by atoms with E-state index in [1.165, 1.54) is 25.7 Å². The summed E-state index contributed by atoms with van der Waals surface area (Å²) >= 11 is 0. The zero-order valence-electron chi connectivity index (χ0n) is 8.10. The van der Waals surface area contributed by atoms with Crippen molar-refractivity contribution >= 4 is 12.4 Å². The molecule has 1 atom stereocenters. The van der Waals surface area contributed by atoms with Crippen molar-refractivity contribution < 1.29 is 0 Å². The maximum atomic E-state index is 5.12. The molecule has 1 nitrogen and oxygen atoms in total. The molecule has 0 radical (unpaired) electrons. The Morgan fingerprint density at radius 1 is 1.42 bits per heavy atom. The van der Waals surface area contributed by atoms with Crippen LogP contribution >= 0.6 is 12.4 Å². The second-order valence-corrected chi connectivity index (χ2v) is 2.98. The highest BCUT2D eigenvalue weighted by molar-refractivity contribution is 5.85. The highest BCUT2D eigenvalue weighted by Gasteiger charge is 1.97. The third-order valence-electron chi connectivity index (χ3n) is 1.79. The van der Waals surface area contributed by atoms with Gasteiger partial charge in [0.05, 0.1) is 6.54 Å². The summed E-state index contributed by atoms with van der Waals surface area (Å²) < 4.78 is 0. The Morgan fingerprint density at radius 2 is 2.08 bits per heavy atom. The molecule has 12 heavy (non-hydrogen) atoms. The zero-order valence-corrected chi connectivity index (χ0v) is 8.91. The Morgan fingerprint density at radius 3 is 2.58 bits per heavy atom. The van der Waals surface area contributed by atoms with Gasteiger partial charge in [-0.15, -0.1) is 18.8 Å². The monoisotopic (exact) mass is 189 g/mol. The van der Waals surface area contributed by atoms with Crippen LogP contribution in [0.25, 0.3) is 0 Å². The summed E-state index contributed by atoms with van der Waals surface area (Å²) in [6.07, 6.45) is 10.3. The van der Waals surface area contributed by atoms with Crippen LogP contribution in [-0.2, 0) is 0 Å². The molecule has 0 saturated heterocycles. The van der Waals surface area contributed by atoms with E-state index in [2.05, 4.69) is 25.1 Å². The van der Waals surface area contributed by atoms with Crippen molar-refractivity contribution in [3.05, 3.63) is 0 Å². The fourth-order valence-corrected chi connectivity index (χ4v) is 1.04. The van der Waals surface area contributed by atoms with Crippen LogP contribution in [0.5, 0.6) is 0 Å². The van der Waals surface area contributed by atoms with Crippen LogP contribution in [0.4, 0.5) is 0 Å². The van der Waals surface area contributed by atoms with Crippen LogP contribution in [0, 0.1) is 12.3 Å². The van der Waals surface area contributed by atoms with E-state index in [1.807, 2.05) is 0 Å². The van der Waals surface area contributed by atoms with Crippen molar-refractivity contribution in [1.82, 2.24) is 5.32 Å². The van der Waals surface area contributed by atoms with Crippen LogP contribution < -0.4 is 5.32 Å². The molecule has 0 saturated carbocycles. The Hall–Kier alpha value is -0.190. The van der Waals surface area contributed by atoms with E-state index >= 15 is 0 Å². The van der Waals surface area contributed by atoms with Gasteiger partial charge in [-0.1, -0.05) is 32.1 Å². The van der Waals surface area contributed by atoms with Crippen molar-refractivity contribution in [2.24, 2.45) is 0 Å². The van der Waals surface area contributed by atoms with E-state index < -0.39 is 0 Å². The molecule has 0 unspecified atom stereocenters. The SMILES string of the molecule is C#CCN[C@H](C)CCCCC.Cl. The van der Waals surface area contributed by atoms with E-state index in [0.717, 1.165) is 0 Å². The predicted molar refractivity (Wildman–Crippen MR) is 57.7 cm³/mol. The predicted octanol–water partition coefficient (Wildman–Crippen LogP) is 2.60. The molecular formula is C10H20ClN. The van der Waals surface area contributed by atoms with E-state index in [1.54, 1.807) is 0 Å². The first kappa shape index (κ1) is 14.3. The van der Waals surface area contributed by atoms with Crippen molar-refractivity contribution in [1.29, 1.82) is 0 Å². The molecule has 0 bridgehead atoms. The maximum absolute atomic E-state index is 5.12. The Labute approximate surface area is 82.7 Å². The van der Waals surface area contributed by atoms with Gasteiger partial charge in [0.25, 0.3) is 0 Å². The lowest BCUT2D eigenvalue weighted by molar-refractivity contribution is 0.512.